The summed E-state index contributed by atoms with van der Waals surface area (Å²) >= 11 is 7.39. The molecule has 0 aliphatic rings. The van der Waals surface area contributed by atoms with Gasteiger partial charge in [0.05, 0.1) is 21.6 Å². The first kappa shape index (κ1) is 18.4. The number of benzene rings is 2. The molecule has 0 fully saturated rings. The van der Waals surface area contributed by atoms with E-state index in [0.29, 0.717) is 15.9 Å². The predicted molar refractivity (Wildman–Crippen MR) is 104 cm³/mol. The Labute approximate surface area is 160 Å². The maximum atomic E-state index is 12.5. The maximum absolute atomic E-state index is 12.5. The van der Waals surface area contributed by atoms with Crippen LogP contribution in [0.4, 0.5) is 5.69 Å². The van der Waals surface area contributed by atoms with E-state index in [4.69, 9.17) is 11.6 Å². The van der Waals surface area contributed by atoms with Crippen LogP contribution in [0.5, 0.6) is 0 Å². The molecule has 0 aliphatic heterocycles. The lowest BCUT2D eigenvalue weighted by molar-refractivity contribution is -0.115. The molecule has 1 amide bonds. The van der Waals surface area contributed by atoms with Crippen molar-refractivity contribution in [2.24, 2.45) is 0 Å². The SMILES string of the molecule is Cc1cccc(C)c1-n1nnnc1S[C@@H](C)C(=O)Nc1ccccc1Cl. The van der Waals surface area contributed by atoms with Gasteiger partial charge in [0.25, 0.3) is 0 Å². The highest BCUT2D eigenvalue weighted by Gasteiger charge is 2.21. The van der Waals surface area contributed by atoms with Crippen molar-refractivity contribution < 1.29 is 4.79 Å². The molecule has 6 nitrogen and oxygen atoms in total. The van der Waals surface area contributed by atoms with Crippen LogP contribution < -0.4 is 5.32 Å². The number of hydrogen-bond donors (Lipinski definition) is 1. The van der Waals surface area contributed by atoms with Crippen LogP contribution in [0.15, 0.2) is 47.6 Å². The van der Waals surface area contributed by atoms with E-state index in [2.05, 4.69) is 20.8 Å². The fourth-order valence-corrected chi connectivity index (χ4v) is 3.52. The van der Waals surface area contributed by atoms with E-state index in [1.807, 2.05) is 44.2 Å². The quantitative estimate of drug-likeness (QED) is 0.668. The molecule has 0 radical (unpaired) electrons. The van der Waals surface area contributed by atoms with Gasteiger partial charge >= 0.3 is 0 Å². The molecule has 0 aliphatic carbocycles. The predicted octanol–water partition coefficient (Wildman–Crippen LogP) is 4.05. The van der Waals surface area contributed by atoms with Crippen LogP contribution in [0.1, 0.15) is 18.1 Å². The standard InChI is InChI=1S/C18H18ClN5OS/c1-11-7-6-8-12(2)16(11)24-18(21-22-23-24)26-13(3)17(25)20-15-10-5-4-9-14(15)19/h4-10,13H,1-3H3,(H,20,25)/t13-/m0/s1. The van der Waals surface area contributed by atoms with Crippen molar-refractivity contribution >= 4 is 35.0 Å². The number of nitrogens with one attached hydrogen (secondary N) is 1. The molecule has 134 valence electrons. The van der Waals surface area contributed by atoms with Gasteiger partial charge in [0, 0.05) is 0 Å². The van der Waals surface area contributed by atoms with Crippen LogP contribution in [-0.2, 0) is 4.79 Å². The second kappa shape index (κ2) is 7.88. The summed E-state index contributed by atoms with van der Waals surface area (Å²) in [6.45, 7) is 5.82. The minimum absolute atomic E-state index is 0.167. The molecule has 1 heterocycles. The number of thioether (sulfide) groups is 1. The number of para-hydroxylation sites is 2. The molecule has 0 saturated heterocycles. The van der Waals surface area contributed by atoms with Crippen molar-refractivity contribution in [3.05, 3.63) is 58.6 Å². The number of aromatic nitrogens is 4. The van der Waals surface area contributed by atoms with Gasteiger partial charge in [-0.1, -0.05) is 53.7 Å². The summed E-state index contributed by atoms with van der Waals surface area (Å²) in [5.41, 5.74) is 3.64. The van der Waals surface area contributed by atoms with E-state index >= 15 is 0 Å². The minimum atomic E-state index is -0.402. The first-order valence-electron chi connectivity index (χ1n) is 8.04. The summed E-state index contributed by atoms with van der Waals surface area (Å²) in [5, 5.41) is 15.5. The summed E-state index contributed by atoms with van der Waals surface area (Å²) in [6.07, 6.45) is 0. The Kier molecular flexibility index (Phi) is 5.58. The molecule has 1 aromatic heterocycles. The molecule has 3 rings (SSSR count). The van der Waals surface area contributed by atoms with Gasteiger partial charge in [-0.05, 0) is 54.5 Å². The molecule has 0 saturated carbocycles. The highest BCUT2D eigenvalue weighted by molar-refractivity contribution is 8.00. The third-order valence-corrected chi connectivity index (χ3v) is 5.24. The molecule has 0 bridgehead atoms. The van der Waals surface area contributed by atoms with E-state index in [1.165, 1.54) is 11.8 Å². The van der Waals surface area contributed by atoms with Gasteiger partial charge in [0.15, 0.2) is 0 Å². The van der Waals surface area contributed by atoms with Crippen LogP contribution in [-0.4, -0.2) is 31.4 Å². The number of carbonyl (C=O) groups is 1. The number of halogens is 1. The average molecular weight is 388 g/mol. The summed E-state index contributed by atoms with van der Waals surface area (Å²) in [4.78, 5) is 12.5. The summed E-state index contributed by atoms with van der Waals surface area (Å²) in [5.74, 6) is -0.167. The fourth-order valence-electron chi connectivity index (χ4n) is 2.54. The number of rotatable bonds is 5. The van der Waals surface area contributed by atoms with Crippen molar-refractivity contribution in [2.75, 3.05) is 5.32 Å². The molecule has 26 heavy (non-hydrogen) atoms. The molecule has 3 aromatic rings. The largest absolute Gasteiger partial charge is 0.324 e. The third-order valence-electron chi connectivity index (χ3n) is 3.88. The molecule has 1 atom stereocenters. The summed E-state index contributed by atoms with van der Waals surface area (Å²) in [6, 6.07) is 13.1. The van der Waals surface area contributed by atoms with Crippen molar-refractivity contribution in [1.82, 2.24) is 20.2 Å². The molecule has 2 aromatic carbocycles. The number of amides is 1. The number of hydrogen-bond acceptors (Lipinski definition) is 5. The Morgan fingerprint density at radius 2 is 1.85 bits per heavy atom. The number of tetrazole rings is 1. The first-order chi connectivity index (χ1) is 12.5. The molecule has 0 unspecified atom stereocenters. The summed E-state index contributed by atoms with van der Waals surface area (Å²) < 4.78 is 1.68. The van der Waals surface area contributed by atoms with E-state index in [9.17, 15) is 4.79 Å². The van der Waals surface area contributed by atoms with Gasteiger partial charge in [-0.2, -0.15) is 4.68 Å². The molecular formula is C18H18ClN5OS. The third kappa shape index (κ3) is 3.89. The van der Waals surface area contributed by atoms with Gasteiger partial charge in [0.2, 0.25) is 11.1 Å². The zero-order chi connectivity index (χ0) is 18.7. The van der Waals surface area contributed by atoms with E-state index in [1.54, 1.807) is 23.7 Å². The van der Waals surface area contributed by atoms with Gasteiger partial charge in [-0.15, -0.1) is 5.10 Å². The van der Waals surface area contributed by atoms with E-state index in [-0.39, 0.29) is 5.91 Å². The van der Waals surface area contributed by atoms with Gasteiger partial charge in [-0.25, -0.2) is 0 Å². The van der Waals surface area contributed by atoms with Crippen molar-refractivity contribution in [3.63, 3.8) is 0 Å². The Bertz CT molecular complexity index is 923. The number of aryl methyl sites for hydroxylation is 2. The van der Waals surface area contributed by atoms with Crippen LogP contribution >= 0.6 is 23.4 Å². The van der Waals surface area contributed by atoms with Crippen LogP contribution in [0.25, 0.3) is 5.69 Å². The minimum Gasteiger partial charge on any atom is -0.324 e. The second-order valence-corrected chi connectivity index (χ2v) is 7.56. The van der Waals surface area contributed by atoms with Crippen molar-refractivity contribution in [2.45, 2.75) is 31.2 Å². The van der Waals surface area contributed by atoms with Crippen LogP contribution in [0.3, 0.4) is 0 Å². The summed E-state index contributed by atoms with van der Waals surface area (Å²) in [7, 11) is 0. The molecule has 8 heteroatoms. The van der Waals surface area contributed by atoms with E-state index < -0.39 is 5.25 Å². The van der Waals surface area contributed by atoms with Gasteiger partial charge < -0.3 is 5.32 Å². The topological polar surface area (TPSA) is 72.7 Å². The highest BCUT2D eigenvalue weighted by Crippen LogP contribution is 2.27. The lowest BCUT2D eigenvalue weighted by Crippen LogP contribution is -2.23. The maximum Gasteiger partial charge on any atom is 0.237 e. The normalized spacial score (nSPS) is 12.0. The van der Waals surface area contributed by atoms with Crippen LogP contribution in [0, 0.1) is 13.8 Å². The van der Waals surface area contributed by atoms with Crippen molar-refractivity contribution in [1.29, 1.82) is 0 Å². The lowest BCUT2D eigenvalue weighted by atomic mass is 10.1. The van der Waals surface area contributed by atoms with Crippen LogP contribution in [0.2, 0.25) is 5.02 Å². The molecule has 0 spiro atoms. The lowest BCUT2D eigenvalue weighted by Gasteiger charge is -2.14. The molecular weight excluding hydrogens is 370 g/mol. The number of nitrogens with zero attached hydrogens (tertiary/aromatic N) is 4. The zero-order valence-electron chi connectivity index (χ0n) is 14.6. The highest BCUT2D eigenvalue weighted by atomic mass is 35.5. The first-order valence-corrected chi connectivity index (χ1v) is 9.30. The Balaban J connectivity index is 1.79. The molecule has 1 N–H and O–H groups in total. The smallest absolute Gasteiger partial charge is 0.237 e. The Morgan fingerprint density at radius 1 is 1.15 bits per heavy atom. The Morgan fingerprint density at radius 3 is 2.54 bits per heavy atom. The monoisotopic (exact) mass is 387 g/mol. The van der Waals surface area contributed by atoms with Gasteiger partial charge in [0.1, 0.15) is 0 Å². The fraction of sp³-hybridized carbons (Fsp3) is 0.222. The van der Waals surface area contributed by atoms with E-state index in [0.717, 1.165) is 16.8 Å². The zero-order valence-corrected chi connectivity index (χ0v) is 16.2. The number of anilines is 1. The Hall–Kier alpha value is -2.38. The second-order valence-electron chi connectivity index (χ2n) is 5.84. The van der Waals surface area contributed by atoms with Gasteiger partial charge in [-0.3, -0.25) is 4.79 Å². The van der Waals surface area contributed by atoms with Crippen molar-refractivity contribution in [3.8, 4) is 5.69 Å². The average Bonchev–Trinajstić information content (AvgIpc) is 3.04. The number of carbonyl (C=O) groups excluding carboxylic acids is 1.